The van der Waals surface area contributed by atoms with Gasteiger partial charge in [-0.25, -0.2) is 4.79 Å². The highest BCUT2D eigenvalue weighted by atomic mass is 32.2. The molecule has 8 N–H and O–H groups in total. The smallest absolute Gasteiger partial charge is 0.326 e. The molecule has 1 aromatic rings. The summed E-state index contributed by atoms with van der Waals surface area (Å²) in [6.07, 6.45) is 1.78. The minimum absolute atomic E-state index is 0.0742. The Labute approximate surface area is 209 Å². The lowest BCUT2D eigenvalue weighted by atomic mass is 10.0. The fourth-order valence-corrected chi connectivity index (χ4v) is 3.66. The number of thioether (sulfide) groups is 1. The third-order valence-electron chi connectivity index (χ3n) is 5.15. The van der Waals surface area contributed by atoms with E-state index in [1.165, 1.54) is 11.8 Å². The molecular weight excluding hydrogens is 474 g/mol. The van der Waals surface area contributed by atoms with Crippen molar-refractivity contribution >= 4 is 41.4 Å². The molecule has 0 bridgehead atoms. The van der Waals surface area contributed by atoms with Crippen LogP contribution in [-0.4, -0.2) is 70.9 Å². The molecule has 0 saturated carbocycles. The van der Waals surface area contributed by atoms with E-state index < -0.39 is 53.8 Å². The maximum Gasteiger partial charge on any atom is 0.326 e. The standard InChI is InChI=1S/C23H35N5O6S/c1-13(2)19(22(32)27-17(23(33)34)11-14-7-5-4-6-8-14)28-21(31)16(9-10-35-3)26-20(30)15(24)12-18(25)29/h4-8,13,15-17,19H,9-12,24H2,1-3H3,(H2,25,29)(H,26,30)(H,27,32)(H,28,31)(H,33,34). The largest absolute Gasteiger partial charge is 0.480 e. The van der Waals surface area contributed by atoms with Gasteiger partial charge in [-0.05, 0) is 29.9 Å². The number of benzene rings is 1. The lowest BCUT2D eigenvalue weighted by Gasteiger charge is -2.27. The summed E-state index contributed by atoms with van der Waals surface area (Å²) < 4.78 is 0. The van der Waals surface area contributed by atoms with Crippen molar-refractivity contribution in [2.45, 2.75) is 57.3 Å². The van der Waals surface area contributed by atoms with Gasteiger partial charge in [0.25, 0.3) is 0 Å². The number of carboxylic acids is 1. The highest BCUT2D eigenvalue weighted by Crippen LogP contribution is 2.09. The first-order valence-corrected chi connectivity index (χ1v) is 12.6. The van der Waals surface area contributed by atoms with Gasteiger partial charge in [-0.1, -0.05) is 44.2 Å². The van der Waals surface area contributed by atoms with Crippen LogP contribution in [-0.2, 0) is 30.4 Å². The van der Waals surface area contributed by atoms with Crippen molar-refractivity contribution in [2.75, 3.05) is 12.0 Å². The monoisotopic (exact) mass is 509 g/mol. The van der Waals surface area contributed by atoms with E-state index in [9.17, 15) is 29.1 Å². The number of primary amides is 1. The number of carboxylic acid groups (broad SMARTS) is 1. The van der Waals surface area contributed by atoms with E-state index in [0.717, 1.165) is 5.56 Å². The second-order valence-corrected chi connectivity index (χ2v) is 9.42. The maximum absolute atomic E-state index is 13.0. The summed E-state index contributed by atoms with van der Waals surface area (Å²) in [7, 11) is 0. The summed E-state index contributed by atoms with van der Waals surface area (Å²) in [5, 5.41) is 17.2. The van der Waals surface area contributed by atoms with Crippen LogP contribution in [0.1, 0.15) is 32.3 Å². The van der Waals surface area contributed by atoms with Gasteiger partial charge < -0.3 is 32.5 Å². The first kappa shape index (κ1) is 29.9. The molecule has 0 saturated heterocycles. The predicted molar refractivity (Wildman–Crippen MR) is 133 cm³/mol. The lowest BCUT2D eigenvalue weighted by Crippen LogP contribution is -2.58. The van der Waals surface area contributed by atoms with Crippen LogP contribution < -0.4 is 27.4 Å². The first-order valence-electron chi connectivity index (χ1n) is 11.2. The number of rotatable bonds is 15. The van der Waals surface area contributed by atoms with Crippen molar-refractivity contribution < 1.29 is 29.1 Å². The zero-order valence-corrected chi connectivity index (χ0v) is 21.0. The normalized spacial score (nSPS) is 14.3. The predicted octanol–water partition coefficient (Wildman–Crippen LogP) is -0.620. The Morgan fingerprint density at radius 2 is 1.54 bits per heavy atom. The van der Waals surface area contributed by atoms with Crippen molar-refractivity contribution in [3.05, 3.63) is 35.9 Å². The summed E-state index contributed by atoms with van der Waals surface area (Å²) >= 11 is 1.46. The number of carbonyl (C=O) groups is 5. The minimum Gasteiger partial charge on any atom is -0.480 e. The van der Waals surface area contributed by atoms with E-state index in [0.29, 0.717) is 5.75 Å². The third kappa shape index (κ3) is 10.8. The number of aliphatic carboxylic acids is 1. The van der Waals surface area contributed by atoms with Crippen LogP contribution in [0.5, 0.6) is 0 Å². The van der Waals surface area contributed by atoms with Crippen molar-refractivity contribution in [3.8, 4) is 0 Å². The molecule has 4 unspecified atom stereocenters. The highest BCUT2D eigenvalue weighted by Gasteiger charge is 2.32. The minimum atomic E-state index is -1.21. The molecule has 194 valence electrons. The van der Waals surface area contributed by atoms with Crippen molar-refractivity contribution in [1.29, 1.82) is 0 Å². The van der Waals surface area contributed by atoms with Gasteiger partial charge in [0, 0.05) is 6.42 Å². The molecule has 1 rings (SSSR count). The molecule has 0 heterocycles. The highest BCUT2D eigenvalue weighted by molar-refractivity contribution is 7.98. The van der Waals surface area contributed by atoms with Gasteiger partial charge in [0.15, 0.2) is 0 Å². The molecule has 4 atom stereocenters. The van der Waals surface area contributed by atoms with Gasteiger partial charge >= 0.3 is 5.97 Å². The summed E-state index contributed by atoms with van der Waals surface area (Å²) in [4.78, 5) is 61.1. The molecular formula is C23H35N5O6S. The second kappa shape index (κ2) is 15.0. The molecule has 0 radical (unpaired) electrons. The number of carbonyl (C=O) groups excluding carboxylic acids is 4. The second-order valence-electron chi connectivity index (χ2n) is 8.44. The molecule has 0 aliphatic rings. The topological polar surface area (TPSA) is 194 Å². The number of hydrogen-bond acceptors (Lipinski definition) is 7. The lowest BCUT2D eigenvalue weighted by molar-refractivity contribution is -0.142. The average Bonchev–Trinajstić information content (AvgIpc) is 2.79. The molecule has 0 aromatic heterocycles. The van der Waals surface area contributed by atoms with Crippen LogP contribution in [0.4, 0.5) is 0 Å². The van der Waals surface area contributed by atoms with Gasteiger partial charge in [0.2, 0.25) is 23.6 Å². The van der Waals surface area contributed by atoms with Gasteiger partial charge in [-0.15, -0.1) is 0 Å². The van der Waals surface area contributed by atoms with Crippen LogP contribution in [0.3, 0.4) is 0 Å². The zero-order valence-electron chi connectivity index (χ0n) is 20.2. The molecule has 0 spiro atoms. The van der Waals surface area contributed by atoms with E-state index in [1.54, 1.807) is 44.2 Å². The molecule has 0 aliphatic heterocycles. The maximum atomic E-state index is 13.0. The number of nitrogens with two attached hydrogens (primary N) is 2. The molecule has 1 aromatic carbocycles. The summed E-state index contributed by atoms with van der Waals surface area (Å²) in [6, 6.07) is 4.39. The summed E-state index contributed by atoms with van der Waals surface area (Å²) in [5.74, 6) is -3.80. The summed E-state index contributed by atoms with van der Waals surface area (Å²) in [5.41, 5.74) is 11.5. The van der Waals surface area contributed by atoms with Crippen molar-refractivity contribution in [1.82, 2.24) is 16.0 Å². The number of amides is 4. The van der Waals surface area contributed by atoms with Gasteiger partial charge in [-0.2, -0.15) is 11.8 Å². The van der Waals surface area contributed by atoms with Gasteiger partial charge in [0.1, 0.15) is 18.1 Å². The van der Waals surface area contributed by atoms with Crippen molar-refractivity contribution in [2.24, 2.45) is 17.4 Å². The molecule has 12 heteroatoms. The molecule has 0 fully saturated rings. The van der Waals surface area contributed by atoms with E-state index in [4.69, 9.17) is 11.5 Å². The van der Waals surface area contributed by atoms with Gasteiger partial charge in [0.05, 0.1) is 12.5 Å². The molecule has 4 amide bonds. The summed E-state index contributed by atoms with van der Waals surface area (Å²) in [6.45, 7) is 3.41. The Morgan fingerprint density at radius 1 is 0.943 bits per heavy atom. The number of hydrogen-bond donors (Lipinski definition) is 6. The zero-order chi connectivity index (χ0) is 26.5. The average molecular weight is 510 g/mol. The van der Waals surface area contributed by atoms with Crippen LogP contribution >= 0.6 is 11.8 Å². The Bertz CT molecular complexity index is 882. The van der Waals surface area contributed by atoms with E-state index in [1.807, 2.05) is 6.26 Å². The van der Waals surface area contributed by atoms with Crippen LogP contribution in [0.2, 0.25) is 0 Å². The quantitative estimate of drug-likeness (QED) is 0.180. The number of nitrogens with one attached hydrogen (secondary N) is 3. The van der Waals surface area contributed by atoms with E-state index in [2.05, 4.69) is 16.0 Å². The fraction of sp³-hybridized carbons (Fsp3) is 0.522. The van der Waals surface area contributed by atoms with Crippen LogP contribution in [0, 0.1) is 5.92 Å². The fourth-order valence-electron chi connectivity index (χ4n) is 3.19. The third-order valence-corrected chi connectivity index (χ3v) is 5.79. The molecule has 11 nitrogen and oxygen atoms in total. The Kier molecular flexibility index (Phi) is 12.8. The SMILES string of the molecule is CSCCC(NC(=O)C(N)CC(N)=O)C(=O)NC(C(=O)NC(Cc1ccccc1)C(=O)O)C(C)C. The van der Waals surface area contributed by atoms with Gasteiger partial charge in [-0.3, -0.25) is 19.2 Å². The Morgan fingerprint density at radius 3 is 2.06 bits per heavy atom. The van der Waals surface area contributed by atoms with Crippen molar-refractivity contribution in [3.63, 3.8) is 0 Å². The molecule has 35 heavy (non-hydrogen) atoms. The Balaban J connectivity index is 2.94. The van der Waals surface area contributed by atoms with Crippen LogP contribution in [0.25, 0.3) is 0 Å². The van der Waals surface area contributed by atoms with E-state index in [-0.39, 0.29) is 25.2 Å². The first-order chi connectivity index (χ1) is 16.5. The Hall–Kier alpha value is -3.12. The molecule has 0 aliphatic carbocycles. The van der Waals surface area contributed by atoms with E-state index >= 15 is 0 Å². The van der Waals surface area contributed by atoms with Crippen LogP contribution in [0.15, 0.2) is 30.3 Å².